The van der Waals surface area contributed by atoms with Gasteiger partial charge in [-0.05, 0) is 96.9 Å². The van der Waals surface area contributed by atoms with Gasteiger partial charge in [0.25, 0.3) is 11.5 Å². The fourth-order valence-corrected chi connectivity index (χ4v) is 11.0. The minimum Gasteiger partial charge on any atom is -0.508 e. The highest BCUT2D eigenvalue weighted by Crippen LogP contribution is 2.89. The number of fused-ring (bicyclic) bond motifs is 2. The predicted molar refractivity (Wildman–Crippen MR) is 130 cm³/mol. The van der Waals surface area contributed by atoms with Gasteiger partial charge in [-0.15, -0.1) is 0 Å². The third kappa shape index (κ3) is 2.03. The van der Waals surface area contributed by atoms with E-state index >= 15 is 0 Å². The Kier molecular flexibility index (Phi) is 3.36. The number of aromatic hydroxyl groups is 1. The molecule has 8 aliphatic rings. The lowest BCUT2D eigenvalue weighted by Gasteiger charge is -2.70. The molecule has 5 aliphatic carbocycles. The number of nitrogens with zero attached hydrogens (tertiary/aromatic N) is 2. The monoisotopic (exact) mass is 486 g/mol. The van der Waals surface area contributed by atoms with Crippen LogP contribution in [0.2, 0.25) is 0 Å². The van der Waals surface area contributed by atoms with Crippen molar-refractivity contribution in [3.63, 3.8) is 0 Å². The van der Waals surface area contributed by atoms with Gasteiger partial charge in [0.1, 0.15) is 11.4 Å². The molecule has 1 aromatic carbocycles. The average molecular weight is 487 g/mol. The number of aromatic amines is 2. The molecule has 3 N–H and O–H groups in total. The van der Waals surface area contributed by atoms with E-state index in [-0.39, 0.29) is 33.9 Å². The van der Waals surface area contributed by atoms with Crippen LogP contribution < -0.4 is 11.2 Å². The topological polar surface area (TPSA) is 109 Å². The smallest absolute Gasteiger partial charge is 0.326 e. The number of phenols is 1. The number of hydrogen-bond donors (Lipinski definition) is 3. The normalized spacial score (nSPS) is 42.7. The number of carbonyl (C=O) groups is 1. The van der Waals surface area contributed by atoms with Crippen molar-refractivity contribution in [1.82, 2.24) is 19.8 Å². The van der Waals surface area contributed by atoms with Crippen LogP contribution in [0, 0.1) is 28.6 Å². The molecule has 3 aliphatic heterocycles. The maximum Gasteiger partial charge on any atom is 0.326 e. The van der Waals surface area contributed by atoms with E-state index in [9.17, 15) is 19.5 Å². The average Bonchev–Trinajstić information content (AvgIpc) is 3.35. The number of H-pyrrole nitrogens is 2. The lowest BCUT2D eigenvalue weighted by atomic mass is 9.37. The molecule has 5 bridgehead atoms. The highest BCUT2D eigenvalue weighted by Gasteiger charge is 2.91. The first-order chi connectivity index (χ1) is 17.4. The highest BCUT2D eigenvalue weighted by atomic mass is 16.3. The number of nitrogens with one attached hydrogen (secondary N) is 2. The van der Waals surface area contributed by atoms with Crippen molar-refractivity contribution < 1.29 is 9.90 Å². The number of hydrogen-bond acceptors (Lipinski definition) is 5. The van der Waals surface area contributed by atoms with Crippen molar-refractivity contribution in [3.05, 3.63) is 61.9 Å². The molecule has 1 amide bonds. The van der Waals surface area contributed by atoms with Crippen LogP contribution in [0.15, 0.2) is 33.9 Å². The van der Waals surface area contributed by atoms with Gasteiger partial charge in [0, 0.05) is 36.7 Å². The van der Waals surface area contributed by atoms with Gasteiger partial charge in [0.2, 0.25) is 0 Å². The molecule has 6 unspecified atom stereocenters. The van der Waals surface area contributed by atoms with Gasteiger partial charge in [0.15, 0.2) is 0 Å². The van der Waals surface area contributed by atoms with Crippen LogP contribution in [0.4, 0.5) is 0 Å². The fraction of sp³-hybridized carbons (Fsp3) is 0.607. The van der Waals surface area contributed by atoms with Gasteiger partial charge in [-0.25, -0.2) is 4.79 Å². The Labute approximate surface area is 207 Å². The van der Waals surface area contributed by atoms with Crippen LogP contribution >= 0.6 is 0 Å². The molecular formula is C28H30N4O4. The van der Waals surface area contributed by atoms with Gasteiger partial charge >= 0.3 is 5.69 Å². The van der Waals surface area contributed by atoms with Gasteiger partial charge in [-0.3, -0.25) is 19.5 Å². The molecule has 8 heteroatoms. The molecule has 0 radical (unpaired) electrons. The van der Waals surface area contributed by atoms with Crippen LogP contribution in [0.1, 0.15) is 53.7 Å². The minimum absolute atomic E-state index is 0.0138. The summed E-state index contributed by atoms with van der Waals surface area (Å²) in [5, 5.41) is 10.6. The van der Waals surface area contributed by atoms with Crippen molar-refractivity contribution in [3.8, 4) is 5.75 Å². The molecule has 8 nitrogen and oxygen atoms in total. The quantitative estimate of drug-likeness (QED) is 0.611. The molecule has 10 rings (SSSR count). The number of likely N-dealkylation sites (tertiary alicyclic amines) is 1. The van der Waals surface area contributed by atoms with Crippen molar-refractivity contribution >= 4 is 5.91 Å². The van der Waals surface area contributed by atoms with Crippen LogP contribution in [0.5, 0.6) is 5.75 Å². The second kappa shape index (κ2) is 5.98. The largest absolute Gasteiger partial charge is 0.508 e. The summed E-state index contributed by atoms with van der Waals surface area (Å²) < 4.78 is 0. The molecule has 3 saturated heterocycles. The first-order valence-electron chi connectivity index (χ1n) is 13.6. The van der Waals surface area contributed by atoms with Crippen molar-refractivity contribution in [2.75, 3.05) is 19.6 Å². The summed E-state index contributed by atoms with van der Waals surface area (Å²) in [5.74, 6) is 1.86. The van der Waals surface area contributed by atoms with Gasteiger partial charge < -0.3 is 15.0 Å². The standard InChI is InChI=1S/C28H30N4O4/c33-16-4-3-15-7-20-27-10-18-22-23(28(27,17(15)8-16)5-6-31(20)11-14-1-2-14)26(18,12-27)13-32(22)24(35)19-9-21(34)30-25(36)29-19/h3-4,8-9,14,18,20,22-23,33H,1-2,5-7,10-13H2,(H2,29,30,34,36)/t18-,20?,22?,23?,26?,27?,28?/m1/s1. The fourth-order valence-electron chi connectivity index (χ4n) is 11.0. The summed E-state index contributed by atoms with van der Waals surface area (Å²) in [6.45, 7) is 3.03. The summed E-state index contributed by atoms with van der Waals surface area (Å²) >= 11 is 0. The molecule has 186 valence electrons. The molecule has 2 spiro atoms. The molecule has 7 atom stereocenters. The van der Waals surface area contributed by atoms with Crippen molar-refractivity contribution in [2.24, 2.45) is 28.6 Å². The number of benzene rings is 1. The van der Waals surface area contributed by atoms with Crippen LogP contribution in [-0.2, 0) is 11.8 Å². The number of carbonyl (C=O) groups excluding carboxylic acids is 1. The van der Waals surface area contributed by atoms with E-state index in [1.54, 1.807) is 0 Å². The van der Waals surface area contributed by atoms with Crippen LogP contribution in [0.3, 0.4) is 0 Å². The maximum atomic E-state index is 13.6. The van der Waals surface area contributed by atoms with Crippen molar-refractivity contribution in [1.29, 1.82) is 0 Å². The lowest BCUT2D eigenvalue weighted by molar-refractivity contribution is -0.150. The Morgan fingerprint density at radius 1 is 1.17 bits per heavy atom. The predicted octanol–water partition coefficient (Wildman–Crippen LogP) is 1.60. The summed E-state index contributed by atoms with van der Waals surface area (Å²) in [5.41, 5.74) is 1.96. The summed E-state index contributed by atoms with van der Waals surface area (Å²) in [4.78, 5) is 47.0. The maximum absolute atomic E-state index is 13.6. The van der Waals surface area contributed by atoms with Gasteiger partial charge in [-0.1, -0.05) is 6.07 Å². The molecule has 4 saturated carbocycles. The van der Waals surface area contributed by atoms with E-state index in [2.05, 4.69) is 20.9 Å². The third-order valence-electron chi connectivity index (χ3n) is 11.9. The van der Waals surface area contributed by atoms with E-state index in [1.807, 2.05) is 17.0 Å². The van der Waals surface area contributed by atoms with E-state index in [0.29, 0.717) is 30.2 Å². The zero-order valence-electron chi connectivity index (χ0n) is 20.1. The Morgan fingerprint density at radius 3 is 2.83 bits per heavy atom. The summed E-state index contributed by atoms with van der Waals surface area (Å²) in [6, 6.07) is 7.95. The number of aromatic nitrogens is 2. The van der Waals surface area contributed by atoms with Gasteiger partial charge in [-0.2, -0.15) is 0 Å². The lowest BCUT2D eigenvalue weighted by Crippen LogP contribution is -2.74. The summed E-state index contributed by atoms with van der Waals surface area (Å²) in [7, 11) is 0. The zero-order chi connectivity index (χ0) is 24.2. The van der Waals surface area contributed by atoms with E-state index < -0.39 is 11.2 Å². The zero-order valence-corrected chi connectivity index (χ0v) is 20.1. The number of piperidine rings is 1. The Bertz CT molecular complexity index is 1460. The molecule has 1 aromatic heterocycles. The van der Waals surface area contributed by atoms with Crippen molar-refractivity contribution in [2.45, 2.75) is 56.0 Å². The van der Waals surface area contributed by atoms with Gasteiger partial charge in [0.05, 0.1) is 0 Å². The number of phenolic OH excluding ortho intramolecular Hbond substituents is 1. The first kappa shape index (κ1) is 20.2. The Hall–Kier alpha value is -2.87. The van der Waals surface area contributed by atoms with Crippen LogP contribution in [-0.4, -0.2) is 62.5 Å². The molecular weight excluding hydrogens is 456 g/mol. The van der Waals surface area contributed by atoms with E-state index in [0.717, 1.165) is 38.1 Å². The third-order valence-corrected chi connectivity index (χ3v) is 11.9. The SMILES string of the molecule is O=C(c1cc(=O)[nH]c(=O)[nH]1)N1CC23CC45C[C@@H]2C1C3C41CCN(CC2CC2)C5Cc2ccc(O)cc21. The summed E-state index contributed by atoms with van der Waals surface area (Å²) in [6.07, 6.45) is 7.19. The Balaban J connectivity index is 1.18. The molecule has 36 heavy (non-hydrogen) atoms. The Morgan fingerprint density at radius 2 is 2.03 bits per heavy atom. The second-order valence-electron chi connectivity index (χ2n) is 13.0. The second-order valence-corrected chi connectivity index (χ2v) is 13.0. The molecule has 2 aromatic rings. The highest BCUT2D eigenvalue weighted by molar-refractivity contribution is 5.93. The minimum atomic E-state index is -0.639. The van der Waals surface area contributed by atoms with Crippen LogP contribution in [0.25, 0.3) is 0 Å². The molecule has 7 fully saturated rings. The van der Waals surface area contributed by atoms with E-state index in [4.69, 9.17) is 0 Å². The first-order valence-corrected chi connectivity index (χ1v) is 13.6. The van der Waals surface area contributed by atoms with E-state index in [1.165, 1.54) is 36.6 Å². The number of amides is 1. The molecule has 4 heterocycles. The number of rotatable bonds is 3.